The fourth-order valence-electron chi connectivity index (χ4n) is 3.21. The van der Waals surface area contributed by atoms with Gasteiger partial charge >= 0.3 is 0 Å². The first kappa shape index (κ1) is 17.9. The van der Waals surface area contributed by atoms with E-state index in [4.69, 9.17) is 0 Å². The van der Waals surface area contributed by atoms with Crippen LogP contribution in [0.3, 0.4) is 0 Å². The molecule has 0 bridgehead atoms. The average molecular weight is 356 g/mol. The number of rotatable bonds is 3. The fraction of sp³-hybridized carbons (Fsp3) is 0.368. The number of halogens is 2. The molecule has 0 aliphatic carbocycles. The Balaban J connectivity index is 1.76. The molecule has 5 nitrogen and oxygen atoms in total. The molecular weight excluding hydrogens is 338 g/mol. The first-order valence-electron chi connectivity index (χ1n) is 8.40. The molecule has 1 fully saturated rings. The number of anilines is 1. The number of benzene rings is 1. The molecule has 0 atom stereocenters. The molecule has 26 heavy (non-hydrogen) atoms. The Bertz CT molecular complexity index is 899. The van der Waals surface area contributed by atoms with Crippen LogP contribution in [0, 0.1) is 42.7 Å². The molecule has 2 heterocycles. The van der Waals surface area contributed by atoms with E-state index in [0.717, 1.165) is 23.8 Å². The highest BCUT2D eigenvalue weighted by molar-refractivity contribution is 5.98. The van der Waals surface area contributed by atoms with E-state index in [1.165, 1.54) is 0 Å². The van der Waals surface area contributed by atoms with Crippen molar-refractivity contribution in [2.75, 3.05) is 18.0 Å². The van der Waals surface area contributed by atoms with E-state index in [1.54, 1.807) is 6.92 Å². The minimum Gasteiger partial charge on any atom is -0.354 e. The average Bonchev–Trinajstić information content (AvgIpc) is 2.65. The molecule has 0 spiro atoms. The summed E-state index contributed by atoms with van der Waals surface area (Å²) in [5, 5.41) is 17.7. The number of carbonyl (C=O) groups is 1. The number of nitriles is 1. The molecular formula is C19H18F2N4O. The van der Waals surface area contributed by atoms with E-state index < -0.39 is 11.6 Å². The van der Waals surface area contributed by atoms with Gasteiger partial charge in [0.15, 0.2) is 11.6 Å². The SMILES string of the molecule is Cc1nnc(N2CCC(C(=O)c3cc(F)ccc3F)CC2)c(C#N)c1C. The zero-order valence-corrected chi connectivity index (χ0v) is 14.6. The minimum absolute atomic E-state index is 0.202. The van der Waals surface area contributed by atoms with Gasteiger partial charge in [-0.1, -0.05) is 0 Å². The Morgan fingerprint density at radius 2 is 1.92 bits per heavy atom. The van der Waals surface area contributed by atoms with Gasteiger partial charge in [0.2, 0.25) is 0 Å². The molecule has 2 aromatic rings. The molecule has 0 unspecified atom stereocenters. The van der Waals surface area contributed by atoms with Gasteiger partial charge in [0.25, 0.3) is 0 Å². The number of aromatic nitrogens is 2. The first-order valence-corrected chi connectivity index (χ1v) is 8.40. The zero-order chi connectivity index (χ0) is 18.8. The normalized spacial score (nSPS) is 15.0. The van der Waals surface area contributed by atoms with Crippen LogP contribution in [0.25, 0.3) is 0 Å². The van der Waals surface area contributed by atoms with Crippen LogP contribution in [0.5, 0.6) is 0 Å². The quantitative estimate of drug-likeness (QED) is 0.789. The summed E-state index contributed by atoms with van der Waals surface area (Å²) in [7, 11) is 0. The van der Waals surface area contributed by atoms with E-state index in [9.17, 15) is 18.8 Å². The Morgan fingerprint density at radius 1 is 1.23 bits per heavy atom. The van der Waals surface area contributed by atoms with Crippen molar-refractivity contribution in [1.29, 1.82) is 5.26 Å². The van der Waals surface area contributed by atoms with E-state index in [-0.39, 0.29) is 17.3 Å². The molecule has 3 rings (SSSR count). The van der Waals surface area contributed by atoms with Gasteiger partial charge in [-0.15, -0.1) is 5.10 Å². The third-order valence-electron chi connectivity index (χ3n) is 4.91. The lowest BCUT2D eigenvalue weighted by Crippen LogP contribution is -2.37. The zero-order valence-electron chi connectivity index (χ0n) is 14.6. The summed E-state index contributed by atoms with van der Waals surface area (Å²) >= 11 is 0. The summed E-state index contributed by atoms with van der Waals surface area (Å²) in [6.45, 7) is 4.62. The molecule has 134 valence electrons. The summed E-state index contributed by atoms with van der Waals surface area (Å²) in [5.74, 6) is -1.58. The lowest BCUT2D eigenvalue weighted by molar-refractivity contribution is 0.0895. The van der Waals surface area contributed by atoms with Crippen LogP contribution >= 0.6 is 0 Å². The lowest BCUT2D eigenvalue weighted by atomic mass is 9.88. The number of nitrogens with zero attached hydrogens (tertiary/aromatic N) is 4. The second kappa shape index (κ2) is 7.16. The fourth-order valence-corrected chi connectivity index (χ4v) is 3.21. The van der Waals surface area contributed by atoms with Crippen LogP contribution in [0.2, 0.25) is 0 Å². The van der Waals surface area contributed by atoms with Crippen LogP contribution in [0.15, 0.2) is 18.2 Å². The molecule has 1 aliphatic rings. The number of piperidine rings is 1. The number of Topliss-reactive ketones (excluding diaryl/α,β-unsaturated/α-hetero) is 1. The van der Waals surface area contributed by atoms with Crippen molar-refractivity contribution in [3.8, 4) is 6.07 Å². The monoisotopic (exact) mass is 356 g/mol. The summed E-state index contributed by atoms with van der Waals surface area (Å²) in [6, 6.07) is 5.09. The standard InChI is InChI=1S/C19H18F2N4O/c1-11-12(2)23-24-19(16(11)10-22)25-7-5-13(6-8-25)18(26)15-9-14(20)3-4-17(15)21/h3-4,9,13H,5-8H2,1-2H3. The lowest BCUT2D eigenvalue weighted by Gasteiger charge is -2.32. The van der Waals surface area contributed by atoms with Gasteiger partial charge in [-0.25, -0.2) is 8.78 Å². The van der Waals surface area contributed by atoms with Crippen LogP contribution in [0.1, 0.15) is 40.0 Å². The Labute approximate surface area is 150 Å². The number of hydrogen-bond acceptors (Lipinski definition) is 5. The van der Waals surface area contributed by atoms with Crippen molar-refractivity contribution in [3.05, 3.63) is 52.2 Å². The maximum Gasteiger partial charge on any atom is 0.169 e. The van der Waals surface area contributed by atoms with Crippen molar-refractivity contribution in [2.24, 2.45) is 5.92 Å². The maximum absolute atomic E-state index is 13.8. The van der Waals surface area contributed by atoms with Crippen molar-refractivity contribution >= 4 is 11.6 Å². The van der Waals surface area contributed by atoms with Crippen molar-refractivity contribution in [2.45, 2.75) is 26.7 Å². The van der Waals surface area contributed by atoms with E-state index in [2.05, 4.69) is 16.3 Å². The highest BCUT2D eigenvalue weighted by Gasteiger charge is 2.29. The third-order valence-corrected chi connectivity index (χ3v) is 4.91. The largest absolute Gasteiger partial charge is 0.354 e. The van der Waals surface area contributed by atoms with Gasteiger partial charge in [-0.2, -0.15) is 10.4 Å². The molecule has 0 radical (unpaired) electrons. The molecule has 0 N–H and O–H groups in total. The topological polar surface area (TPSA) is 69.9 Å². The maximum atomic E-state index is 13.8. The second-order valence-electron chi connectivity index (χ2n) is 6.47. The molecule has 1 aliphatic heterocycles. The van der Waals surface area contributed by atoms with Crippen molar-refractivity contribution < 1.29 is 13.6 Å². The Morgan fingerprint density at radius 3 is 2.58 bits per heavy atom. The highest BCUT2D eigenvalue weighted by Crippen LogP contribution is 2.28. The third kappa shape index (κ3) is 3.27. The summed E-state index contributed by atoms with van der Waals surface area (Å²) in [5.41, 5.74) is 1.78. The van der Waals surface area contributed by atoms with Crippen LogP contribution < -0.4 is 4.90 Å². The van der Waals surface area contributed by atoms with Crippen LogP contribution in [0.4, 0.5) is 14.6 Å². The number of hydrogen-bond donors (Lipinski definition) is 0. The second-order valence-corrected chi connectivity index (χ2v) is 6.47. The van der Waals surface area contributed by atoms with Gasteiger partial charge < -0.3 is 4.90 Å². The highest BCUT2D eigenvalue weighted by atomic mass is 19.1. The predicted molar refractivity (Wildman–Crippen MR) is 91.8 cm³/mol. The molecule has 1 saturated heterocycles. The summed E-state index contributed by atoms with van der Waals surface area (Å²) in [6.07, 6.45) is 0.961. The molecule has 0 amide bonds. The van der Waals surface area contributed by atoms with Crippen molar-refractivity contribution in [3.63, 3.8) is 0 Å². The molecule has 7 heteroatoms. The number of ketones is 1. The summed E-state index contributed by atoms with van der Waals surface area (Å²) in [4.78, 5) is 14.5. The predicted octanol–water partition coefficient (Wildman–Crippen LogP) is 3.34. The Hall–Kier alpha value is -2.88. The van der Waals surface area contributed by atoms with Gasteiger partial charge in [0.05, 0.1) is 11.3 Å². The van der Waals surface area contributed by atoms with E-state index in [1.807, 2.05) is 11.8 Å². The molecule has 0 saturated carbocycles. The number of aryl methyl sites for hydroxylation is 1. The Kier molecular flexibility index (Phi) is 4.94. The van der Waals surface area contributed by atoms with Gasteiger partial charge in [-0.05, 0) is 50.5 Å². The molecule has 1 aromatic carbocycles. The van der Waals surface area contributed by atoms with Crippen LogP contribution in [-0.4, -0.2) is 29.1 Å². The van der Waals surface area contributed by atoms with E-state index in [0.29, 0.717) is 43.0 Å². The molecule has 1 aromatic heterocycles. The van der Waals surface area contributed by atoms with Gasteiger partial charge in [-0.3, -0.25) is 4.79 Å². The van der Waals surface area contributed by atoms with E-state index >= 15 is 0 Å². The minimum atomic E-state index is -0.703. The van der Waals surface area contributed by atoms with Gasteiger partial charge in [0, 0.05) is 19.0 Å². The smallest absolute Gasteiger partial charge is 0.169 e. The first-order chi connectivity index (χ1) is 12.4. The number of carbonyl (C=O) groups excluding carboxylic acids is 1. The van der Waals surface area contributed by atoms with Crippen molar-refractivity contribution in [1.82, 2.24) is 10.2 Å². The van der Waals surface area contributed by atoms with Gasteiger partial charge in [0.1, 0.15) is 23.3 Å². The van der Waals surface area contributed by atoms with Crippen LogP contribution in [-0.2, 0) is 0 Å². The summed E-state index contributed by atoms with van der Waals surface area (Å²) < 4.78 is 27.2.